The van der Waals surface area contributed by atoms with Gasteiger partial charge in [-0.05, 0) is 80.6 Å². The smallest absolute Gasteiger partial charge is 0.0719 e. The van der Waals surface area contributed by atoms with Crippen LogP contribution in [0.3, 0.4) is 0 Å². The summed E-state index contributed by atoms with van der Waals surface area (Å²) >= 11 is 6.67. The zero-order chi connectivity index (χ0) is 22.7. The molecule has 0 fully saturated rings. The van der Waals surface area contributed by atoms with Crippen molar-refractivity contribution in [3.63, 3.8) is 0 Å². The van der Waals surface area contributed by atoms with Gasteiger partial charge in [-0.1, -0.05) is 115 Å². The molecule has 0 aliphatic heterocycles. The van der Waals surface area contributed by atoms with Gasteiger partial charge in [0.25, 0.3) is 0 Å². The summed E-state index contributed by atoms with van der Waals surface area (Å²) in [7, 11) is 0. The number of fused-ring (bicyclic) bond motifs is 9. The molecule has 0 amide bonds. The monoisotopic (exact) mass is 454 g/mol. The highest BCUT2D eigenvalue weighted by atomic mass is 35.5. The third-order valence-corrected chi connectivity index (χ3v) is 7.94. The molecule has 0 N–H and O–H groups in total. The summed E-state index contributed by atoms with van der Waals surface area (Å²) in [5.74, 6) is 0. The Hall–Kier alpha value is -3.61. The predicted octanol–water partition coefficient (Wildman–Crippen LogP) is 8.47. The lowest BCUT2D eigenvalue weighted by atomic mass is 9.66. The topological polar surface area (TPSA) is 0 Å². The normalized spacial score (nSPS) is 17.4. The third-order valence-electron chi connectivity index (χ3n) is 7.71. The Balaban J connectivity index is 1.61. The van der Waals surface area contributed by atoms with Crippen LogP contribution < -0.4 is 0 Å². The third kappa shape index (κ3) is 2.67. The molecular formula is C33H23Cl. The van der Waals surface area contributed by atoms with Gasteiger partial charge < -0.3 is 0 Å². The maximum Gasteiger partial charge on any atom is 0.0719 e. The molecule has 0 bridgehead atoms. The fraction of sp³-hybridized carbons (Fsp3) is 0.0909. The molecule has 0 saturated heterocycles. The van der Waals surface area contributed by atoms with E-state index < -0.39 is 0 Å². The summed E-state index contributed by atoms with van der Waals surface area (Å²) in [6.45, 7) is 0. The zero-order valence-electron chi connectivity index (χ0n) is 18.8. The van der Waals surface area contributed by atoms with E-state index in [1.54, 1.807) is 0 Å². The van der Waals surface area contributed by atoms with Gasteiger partial charge in [-0.3, -0.25) is 0 Å². The van der Waals surface area contributed by atoms with E-state index in [1.807, 2.05) is 6.07 Å². The largest absolute Gasteiger partial charge is 0.0843 e. The average molecular weight is 455 g/mol. The first-order chi connectivity index (χ1) is 16.8. The summed E-state index contributed by atoms with van der Waals surface area (Å²) in [6, 6.07) is 42.2. The van der Waals surface area contributed by atoms with Crippen LogP contribution in [0.1, 0.15) is 33.4 Å². The molecule has 0 heterocycles. The Morgan fingerprint density at radius 3 is 2.03 bits per heavy atom. The van der Waals surface area contributed by atoms with Gasteiger partial charge in [0.1, 0.15) is 0 Å². The van der Waals surface area contributed by atoms with E-state index in [9.17, 15) is 0 Å². The molecule has 1 unspecified atom stereocenters. The molecule has 0 aromatic heterocycles. The van der Waals surface area contributed by atoms with E-state index in [0.29, 0.717) is 0 Å². The van der Waals surface area contributed by atoms with E-state index in [0.717, 1.165) is 17.9 Å². The van der Waals surface area contributed by atoms with Gasteiger partial charge in [-0.15, -0.1) is 0 Å². The van der Waals surface area contributed by atoms with Gasteiger partial charge in [-0.25, -0.2) is 0 Å². The molecule has 0 nitrogen and oxygen atoms in total. The molecule has 5 aromatic rings. The van der Waals surface area contributed by atoms with Crippen LogP contribution in [-0.2, 0) is 18.3 Å². The number of hydrogen-bond acceptors (Lipinski definition) is 0. The van der Waals surface area contributed by atoms with E-state index in [4.69, 9.17) is 11.6 Å². The Morgan fingerprint density at radius 1 is 0.471 bits per heavy atom. The van der Waals surface area contributed by atoms with Crippen LogP contribution in [0.4, 0.5) is 0 Å². The lowest BCUT2D eigenvalue weighted by Crippen LogP contribution is -2.30. The number of hydrogen-bond donors (Lipinski definition) is 0. The standard InChI is InChI=1S/C33H23Cl/c34-26-17-18-28-27-11-5-7-13-31(27)33(32(28)21-26)29-12-6-4-10-23(29)14-15-25-20-24(16-19-30(25)33)22-8-2-1-3-9-22/h1-13,16-21H,14-15H2. The summed E-state index contributed by atoms with van der Waals surface area (Å²) in [5.41, 5.74) is 13.0. The van der Waals surface area contributed by atoms with Crippen LogP contribution in [0, 0.1) is 0 Å². The predicted molar refractivity (Wildman–Crippen MR) is 142 cm³/mol. The molecule has 2 aliphatic rings. The summed E-state index contributed by atoms with van der Waals surface area (Å²) in [6.07, 6.45) is 2.05. The molecule has 162 valence electrons. The maximum absolute atomic E-state index is 6.67. The van der Waals surface area contributed by atoms with Crippen molar-refractivity contribution in [2.75, 3.05) is 0 Å². The quantitative estimate of drug-likeness (QED) is 0.233. The van der Waals surface area contributed by atoms with E-state index in [1.165, 1.54) is 55.6 Å². The molecule has 5 aromatic carbocycles. The molecule has 1 atom stereocenters. The second kappa shape index (κ2) is 7.45. The Labute approximate surface area is 205 Å². The molecule has 0 saturated carbocycles. The van der Waals surface area contributed by atoms with Crippen molar-refractivity contribution in [3.05, 3.63) is 154 Å². The first-order valence-corrected chi connectivity index (χ1v) is 12.3. The molecule has 1 heteroatoms. The molecular weight excluding hydrogens is 432 g/mol. The molecule has 34 heavy (non-hydrogen) atoms. The van der Waals surface area contributed by atoms with Crippen LogP contribution in [0.5, 0.6) is 0 Å². The summed E-state index contributed by atoms with van der Waals surface area (Å²) in [4.78, 5) is 0. The minimum Gasteiger partial charge on any atom is -0.0843 e. The second-order valence-electron chi connectivity index (χ2n) is 9.38. The van der Waals surface area contributed by atoms with Crippen molar-refractivity contribution >= 4 is 11.6 Å². The molecule has 7 rings (SSSR count). The summed E-state index contributed by atoms with van der Waals surface area (Å²) in [5, 5.41) is 0.787. The molecule has 2 aliphatic carbocycles. The first kappa shape index (κ1) is 19.8. The zero-order valence-corrected chi connectivity index (χ0v) is 19.5. The molecule has 1 spiro atoms. The Bertz CT molecular complexity index is 1560. The number of rotatable bonds is 1. The fourth-order valence-corrected chi connectivity index (χ4v) is 6.50. The highest BCUT2D eigenvalue weighted by Crippen LogP contribution is 2.58. The van der Waals surface area contributed by atoms with Gasteiger partial charge in [0.2, 0.25) is 0 Å². The Kier molecular flexibility index (Phi) is 4.34. The molecule has 0 radical (unpaired) electrons. The van der Waals surface area contributed by atoms with E-state index >= 15 is 0 Å². The van der Waals surface area contributed by atoms with Crippen molar-refractivity contribution in [1.82, 2.24) is 0 Å². The lowest BCUT2D eigenvalue weighted by Gasteiger charge is -2.35. The second-order valence-corrected chi connectivity index (χ2v) is 9.82. The van der Waals surface area contributed by atoms with E-state index in [-0.39, 0.29) is 5.41 Å². The SMILES string of the molecule is Clc1ccc2c(c1)C1(c3ccccc3CCc3cc(-c4ccccc4)ccc31)c1ccccc1-2. The van der Waals surface area contributed by atoms with Crippen molar-refractivity contribution < 1.29 is 0 Å². The first-order valence-electron chi connectivity index (χ1n) is 11.9. The van der Waals surface area contributed by atoms with Crippen LogP contribution in [0.2, 0.25) is 5.02 Å². The summed E-state index contributed by atoms with van der Waals surface area (Å²) < 4.78 is 0. The van der Waals surface area contributed by atoms with Crippen molar-refractivity contribution in [1.29, 1.82) is 0 Å². The minimum absolute atomic E-state index is 0.367. The van der Waals surface area contributed by atoms with E-state index in [2.05, 4.69) is 109 Å². The van der Waals surface area contributed by atoms with Crippen molar-refractivity contribution in [2.45, 2.75) is 18.3 Å². The number of aryl methyl sites for hydroxylation is 2. The van der Waals surface area contributed by atoms with Crippen LogP contribution in [0.25, 0.3) is 22.3 Å². The maximum atomic E-state index is 6.67. The average Bonchev–Trinajstić information content (AvgIpc) is 3.08. The van der Waals surface area contributed by atoms with Gasteiger partial charge in [-0.2, -0.15) is 0 Å². The van der Waals surface area contributed by atoms with Gasteiger partial charge >= 0.3 is 0 Å². The van der Waals surface area contributed by atoms with Crippen LogP contribution in [-0.4, -0.2) is 0 Å². The van der Waals surface area contributed by atoms with Crippen LogP contribution >= 0.6 is 11.6 Å². The van der Waals surface area contributed by atoms with Crippen LogP contribution in [0.15, 0.2) is 115 Å². The lowest BCUT2D eigenvalue weighted by molar-refractivity contribution is 0.762. The highest BCUT2D eigenvalue weighted by molar-refractivity contribution is 6.30. The van der Waals surface area contributed by atoms with Gasteiger partial charge in [0.15, 0.2) is 0 Å². The Morgan fingerprint density at radius 2 is 1.15 bits per heavy atom. The fourth-order valence-electron chi connectivity index (χ4n) is 6.33. The van der Waals surface area contributed by atoms with Gasteiger partial charge in [0.05, 0.1) is 5.41 Å². The highest BCUT2D eigenvalue weighted by Gasteiger charge is 2.48. The minimum atomic E-state index is -0.367. The van der Waals surface area contributed by atoms with Gasteiger partial charge in [0, 0.05) is 5.02 Å². The van der Waals surface area contributed by atoms with Crippen molar-refractivity contribution in [3.8, 4) is 22.3 Å². The van der Waals surface area contributed by atoms with Crippen molar-refractivity contribution in [2.24, 2.45) is 0 Å². The number of benzene rings is 5. The number of halogens is 1.